The van der Waals surface area contributed by atoms with Crippen LogP contribution in [0.25, 0.3) is 0 Å². The fourth-order valence-electron chi connectivity index (χ4n) is 1.87. The van der Waals surface area contributed by atoms with Gasteiger partial charge in [-0.1, -0.05) is 0 Å². The van der Waals surface area contributed by atoms with Gasteiger partial charge >= 0.3 is 0 Å². The number of ether oxygens (including phenoxy) is 1. The first-order chi connectivity index (χ1) is 7.69. The van der Waals surface area contributed by atoms with Gasteiger partial charge in [0.05, 0.1) is 12.8 Å². The number of nitrogens with zero attached hydrogens (tertiary/aromatic N) is 2. The third kappa shape index (κ3) is 2.51. The molecule has 16 heavy (non-hydrogen) atoms. The van der Waals surface area contributed by atoms with Gasteiger partial charge in [-0.2, -0.15) is 0 Å². The summed E-state index contributed by atoms with van der Waals surface area (Å²) < 4.78 is 5.25. The van der Waals surface area contributed by atoms with Gasteiger partial charge in [-0.05, 0) is 14.0 Å². The van der Waals surface area contributed by atoms with Gasteiger partial charge in [-0.25, -0.2) is 0 Å². The first kappa shape index (κ1) is 11.4. The van der Waals surface area contributed by atoms with Crippen molar-refractivity contribution in [2.45, 2.75) is 19.5 Å². The van der Waals surface area contributed by atoms with E-state index in [1.54, 1.807) is 7.11 Å². The average Bonchev–Trinajstić information content (AvgIpc) is 2.13. The van der Waals surface area contributed by atoms with Crippen molar-refractivity contribution in [3.63, 3.8) is 0 Å². The Bertz CT molecular complexity index is 363. The molecule has 1 saturated heterocycles. The normalized spacial score (nSPS) is 16.2. The third-order valence-corrected chi connectivity index (χ3v) is 3.01. The number of aryl methyl sites for hydroxylation is 1. The maximum absolute atomic E-state index is 5.25. The first-order valence-corrected chi connectivity index (χ1v) is 5.61. The summed E-state index contributed by atoms with van der Waals surface area (Å²) in [6, 6.07) is 4.61. The molecule has 0 saturated carbocycles. The molecule has 1 fully saturated rings. The number of methoxy groups -OCH3 is 1. The molecule has 0 aromatic carbocycles. The van der Waals surface area contributed by atoms with E-state index in [1.807, 2.05) is 19.1 Å². The van der Waals surface area contributed by atoms with Crippen molar-refractivity contribution in [1.29, 1.82) is 0 Å². The predicted octanol–water partition coefficient (Wildman–Crippen LogP) is 0.802. The molecule has 1 N–H and O–H groups in total. The van der Waals surface area contributed by atoms with Crippen LogP contribution in [0.5, 0.6) is 5.75 Å². The molecule has 2 rings (SSSR count). The van der Waals surface area contributed by atoms with E-state index >= 15 is 0 Å². The summed E-state index contributed by atoms with van der Waals surface area (Å²) in [5.41, 5.74) is 2.08. The summed E-state index contributed by atoms with van der Waals surface area (Å²) in [5.74, 6) is 0.891. The predicted molar refractivity (Wildman–Crippen MR) is 63.7 cm³/mol. The Morgan fingerprint density at radius 3 is 2.81 bits per heavy atom. The van der Waals surface area contributed by atoms with Crippen LogP contribution in [-0.2, 0) is 6.54 Å². The van der Waals surface area contributed by atoms with E-state index in [0.717, 1.165) is 36.8 Å². The topological polar surface area (TPSA) is 37.4 Å². The number of likely N-dealkylation sites (N-methyl/N-ethyl adjacent to an activating group) is 1. The van der Waals surface area contributed by atoms with Crippen LogP contribution in [0.1, 0.15) is 11.4 Å². The van der Waals surface area contributed by atoms with Crippen molar-refractivity contribution >= 4 is 0 Å². The smallest absolute Gasteiger partial charge is 0.122 e. The molecule has 1 aromatic rings. The van der Waals surface area contributed by atoms with E-state index in [4.69, 9.17) is 4.74 Å². The van der Waals surface area contributed by atoms with Crippen LogP contribution in [0.4, 0.5) is 0 Å². The average molecular weight is 221 g/mol. The molecule has 4 nitrogen and oxygen atoms in total. The summed E-state index contributed by atoms with van der Waals surface area (Å²) in [7, 11) is 3.83. The zero-order valence-corrected chi connectivity index (χ0v) is 10.2. The molecule has 1 aromatic heterocycles. The first-order valence-electron chi connectivity index (χ1n) is 5.61. The number of nitrogens with one attached hydrogen (secondary N) is 1. The van der Waals surface area contributed by atoms with Gasteiger partial charge in [0.1, 0.15) is 5.75 Å². The molecule has 0 bridgehead atoms. The Balaban J connectivity index is 2.04. The molecule has 0 spiro atoms. The molecule has 1 aliphatic heterocycles. The Kier molecular flexibility index (Phi) is 3.41. The fraction of sp³-hybridized carbons (Fsp3) is 0.583. The van der Waals surface area contributed by atoms with Crippen molar-refractivity contribution in [3.8, 4) is 5.75 Å². The minimum Gasteiger partial charge on any atom is -0.497 e. The van der Waals surface area contributed by atoms with E-state index in [1.165, 1.54) is 0 Å². The number of pyridine rings is 1. The Hall–Kier alpha value is -1.13. The van der Waals surface area contributed by atoms with Crippen LogP contribution < -0.4 is 10.1 Å². The summed E-state index contributed by atoms with van der Waals surface area (Å²) in [6.45, 7) is 5.04. The van der Waals surface area contributed by atoms with E-state index < -0.39 is 0 Å². The summed E-state index contributed by atoms with van der Waals surface area (Å²) in [4.78, 5) is 6.85. The van der Waals surface area contributed by atoms with Crippen molar-refractivity contribution in [3.05, 3.63) is 23.5 Å². The van der Waals surface area contributed by atoms with Crippen LogP contribution in [0, 0.1) is 6.92 Å². The lowest BCUT2D eigenvalue weighted by atomic mass is 10.1. The molecule has 0 radical (unpaired) electrons. The standard InChI is InChI=1S/C12H19N3O/c1-9-4-12(16-3)5-10(14-9)8-15(2)11-6-13-7-11/h4-5,11,13H,6-8H2,1-3H3. The van der Waals surface area contributed by atoms with Crippen LogP contribution in [0.2, 0.25) is 0 Å². The zero-order valence-electron chi connectivity index (χ0n) is 10.2. The molecule has 2 heterocycles. The highest BCUT2D eigenvalue weighted by Gasteiger charge is 2.21. The molecule has 1 aliphatic rings. The molecular formula is C12H19N3O. The van der Waals surface area contributed by atoms with E-state index in [9.17, 15) is 0 Å². The molecule has 0 amide bonds. The Morgan fingerprint density at radius 2 is 2.25 bits per heavy atom. The van der Waals surface area contributed by atoms with Crippen molar-refractivity contribution < 1.29 is 4.74 Å². The Morgan fingerprint density at radius 1 is 1.50 bits per heavy atom. The lowest BCUT2D eigenvalue weighted by Crippen LogP contribution is -2.55. The highest BCUT2D eigenvalue weighted by atomic mass is 16.5. The van der Waals surface area contributed by atoms with E-state index in [-0.39, 0.29) is 0 Å². The molecule has 4 heteroatoms. The van der Waals surface area contributed by atoms with Crippen LogP contribution in [0.3, 0.4) is 0 Å². The summed E-state index contributed by atoms with van der Waals surface area (Å²) >= 11 is 0. The van der Waals surface area contributed by atoms with Crippen molar-refractivity contribution in [1.82, 2.24) is 15.2 Å². The number of aromatic nitrogens is 1. The molecular weight excluding hydrogens is 202 g/mol. The summed E-state index contributed by atoms with van der Waals surface area (Å²) in [6.07, 6.45) is 0. The maximum Gasteiger partial charge on any atom is 0.122 e. The molecule has 0 aliphatic carbocycles. The van der Waals surface area contributed by atoms with Gasteiger partial charge in [0, 0.05) is 43.5 Å². The fourth-order valence-corrected chi connectivity index (χ4v) is 1.87. The number of hydrogen-bond donors (Lipinski definition) is 1. The molecule has 0 atom stereocenters. The van der Waals surface area contributed by atoms with Gasteiger partial charge in [-0.15, -0.1) is 0 Å². The van der Waals surface area contributed by atoms with Crippen LogP contribution in [0.15, 0.2) is 12.1 Å². The second-order valence-corrected chi connectivity index (χ2v) is 4.37. The van der Waals surface area contributed by atoms with Gasteiger partial charge in [0.15, 0.2) is 0 Å². The lowest BCUT2D eigenvalue weighted by molar-refractivity contribution is 0.171. The summed E-state index contributed by atoms with van der Waals surface area (Å²) in [5, 5.41) is 3.28. The van der Waals surface area contributed by atoms with Crippen molar-refractivity contribution in [2.24, 2.45) is 0 Å². The quantitative estimate of drug-likeness (QED) is 0.816. The lowest BCUT2D eigenvalue weighted by Gasteiger charge is -2.35. The second kappa shape index (κ2) is 4.80. The SMILES string of the molecule is COc1cc(C)nc(CN(C)C2CNC2)c1. The number of hydrogen-bond acceptors (Lipinski definition) is 4. The zero-order chi connectivity index (χ0) is 11.5. The van der Waals surface area contributed by atoms with E-state index in [2.05, 4.69) is 22.2 Å². The maximum atomic E-state index is 5.25. The Labute approximate surface area is 96.6 Å². The van der Waals surface area contributed by atoms with Crippen molar-refractivity contribution in [2.75, 3.05) is 27.2 Å². The second-order valence-electron chi connectivity index (χ2n) is 4.37. The minimum atomic E-state index is 0.647. The van der Waals surface area contributed by atoms with Crippen LogP contribution >= 0.6 is 0 Å². The van der Waals surface area contributed by atoms with Gasteiger partial charge < -0.3 is 10.1 Å². The third-order valence-electron chi connectivity index (χ3n) is 3.01. The largest absolute Gasteiger partial charge is 0.497 e. The van der Waals surface area contributed by atoms with Crippen LogP contribution in [-0.4, -0.2) is 43.2 Å². The van der Waals surface area contributed by atoms with E-state index in [0.29, 0.717) is 6.04 Å². The molecule has 88 valence electrons. The van der Waals surface area contributed by atoms with Gasteiger partial charge in [0.2, 0.25) is 0 Å². The minimum absolute atomic E-state index is 0.647. The monoisotopic (exact) mass is 221 g/mol. The molecule has 0 unspecified atom stereocenters. The van der Waals surface area contributed by atoms with Gasteiger partial charge in [-0.3, -0.25) is 9.88 Å². The highest BCUT2D eigenvalue weighted by molar-refractivity contribution is 5.26. The van der Waals surface area contributed by atoms with Gasteiger partial charge in [0.25, 0.3) is 0 Å². The highest BCUT2D eigenvalue weighted by Crippen LogP contribution is 2.15. The number of rotatable bonds is 4.